The van der Waals surface area contributed by atoms with Crippen LogP contribution >= 0.6 is 11.3 Å². The van der Waals surface area contributed by atoms with Crippen LogP contribution in [0.5, 0.6) is 0 Å². The lowest BCUT2D eigenvalue weighted by molar-refractivity contribution is 0.568. The number of fused-ring (bicyclic) bond motifs is 16. The molecule has 88 heavy (non-hydrogen) atoms. The quantitative estimate of drug-likeness (QED) is 0.123. The summed E-state index contributed by atoms with van der Waals surface area (Å²) in [5, 5.41) is 11.7. The first-order chi connectivity index (χ1) is 42.2. The van der Waals surface area contributed by atoms with E-state index in [4.69, 9.17) is 0 Å². The number of nitrogens with zero attached hydrogens (tertiary/aromatic N) is 2. The normalized spacial score (nSPS) is 13.4. The van der Waals surface area contributed by atoms with Crippen LogP contribution in [0, 0.1) is 0 Å². The Kier molecular flexibility index (Phi) is 11.9. The third-order valence-electron chi connectivity index (χ3n) is 19.5. The van der Waals surface area contributed by atoms with E-state index in [1.807, 2.05) is 11.3 Å². The molecule has 0 saturated heterocycles. The van der Waals surface area contributed by atoms with Crippen LogP contribution in [0.15, 0.2) is 224 Å². The molecule has 0 saturated carbocycles. The molecule has 12 aromatic carbocycles. The molecule has 0 radical (unpaired) electrons. The Morgan fingerprint density at radius 3 is 1.56 bits per heavy atom. The Balaban J connectivity index is 1.12. The van der Waals surface area contributed by atoms with Crippen LogP contribution in [0.25, 0.3) is 114 Å². The molecule has 0 fully saturated rings. The van der Waals surface area contributed by atoms with Crippen LogP contribution < -0.4 is 20.6 Å². The minimum Gasteiger partial charge on any atom is -0.310 e. The van der Waals surface area contributed by atoms with Crippen molar-refractivity contribution in [1.29, 1.82) is 0 Å². The van der Waals surface area contributed by atoms with Gasteiger partial charge in [-0.3, -0.25) is 0 Å². The smallest absolute Gasteiger partial charge is 0.264 e. The molecule has 2 aliphatic rings. The molecule has 0 spiro atoms. The summed E-state index contributed by atoms with van der Waals surface area (Å²) >= 11 is 2.00. The number of benzene rings is 12. The zero-order valence-corrected chi connectivity index (χ0v) is 53.6. The van der Waals surface area contributed by atoms with Crippen molar-refractivity contribution in [1.82, 2.24) is 4.57 Å². The van der Waals surface area contributed by atoms with E-state index in [2.05, 4.69) is 317 Å². The molecule has 16 rings (SSSR count). The van der Waals surface area contributed by atoms with Crippen molar-refractivity contribution >= 4 is 115 Å². The van der Waals surface area contributed by atoms with Crippen molar-refractivity contribution in [2.75, 3.05) is 4.90 Å². The van der Waals surface area contributed by atoms with Gasteiger partial charge < -0.3 is 9.47 Å². The van der Waals surface area contributed by atoms with E-state index in [0.717, 1.165) is 5.69 Å². The van der Waals surface area contributed by atoms with Crippen LogP contribution in [0.2, 0.25) is 0 Å². The van der Waals surface area contributed by atoms with Crippen molar-refractivity contribution in [3.63, 3.8) is 0 Å². The van der Waals surface area contributed by atoms with Crippen LogP contribution in [-0.2, 0) is 21.7 Å². The van der Waals surface area contributed by atoms with E-state index in [0.29, 0.717) is 0 Å². The molecular formula is C84H73BN2S. The van der Waals surface area contributed by atoms with Gasteiger partial charge in [-0.2, -0.15) is 0 Å². The summed E-state index contributed by atoms with van der Waals surface area (Å²) in [7, 11) is 0. The number of para-hydroxylation sites is 1. The summed E-state index contributed by atoms with van der Waals surface area (Å²) in [6.45, 7) is 28.4. The monoisotopic (exact) mass is 1150 g/mol. The third-order valence-corrected chi connectivity index (χ3v) is 20.7. The van der Waals surface area contributed by atoms with Gasteiger partial charge in [-0.15, -0.1) is 11.3 Å². The predicted molar refractivity (Wildman–Crippen MR) is 385 cm³/mol. The second-order valence-corrected chi connectivity index (χ2v) is 30.3. The summed E-state index contributed by atoms with van der Waals surface area (Å²) in [6.07, 6.45) is 0. The average molecular weight is 1150 g/mol. The Morgan fingerprint density at radius 2 is 0.920 bits per heavy atom. The van der Waals surface area contributed by atoms with E-state index >= 15 is 0 Å². The lowest BCUT2D eigenvalue weighted by atomic mass is 9.36. The summed E-state index contributed by atoms with van der Waals surface area (Å²) in [4.78, 5) is 2.74. The maximum absolute atomic E-state index is 2.74. The zero-order chi connectivity index (χ0) is 60.5. The van der Waals surface area contributed by atoms with Gasteiger partial charge in [0.25, 0.3) is 6.71 Å². The average Bonchev–Trinajstić information content (AvgIpc) is 1.41. The topological polar surface area (TPSA) is 8.17 Å². The van der Waals surface area contributed by atoms with E-state index in [1.54, 1.807) is 0 Å². The molecule has 0 unspecified atom stereocenters. The molecule has 428 valence electrons. The highest BCUT2D eigenvalue weighted by Crippen LogP contribution is 2.53. The van der Waals surface area contributed by atoms with Gasteiger partial charge in [0, 0.05) is 48.1 Å². The number of aromatic nitrogens is 1. The molecule has 2 aromatic heterocycles. The fourth-order valence-corrected chi connectivity index (χ4v) is 16.6. The predicted octanol–water partition coefficient (Wildman–Crippen LogP) is 21.9. The standard InChI is InChI=1S/C84H73BN2S/c1-81(2,3)53-39-43-73-66(46-53)78-80(88-73)85-69-49-65-60-32-20-19-30-58(60)59-31-21-22-33-62(59)75(65)76-63-34-23-24-37-70(63)87(79(69)76)72-45-52(74-56(50-26-15-13-16-27-50)35-25-36-57(74)51-28-17-14-18-29-51)44-71(77(72)85)86(78)55-40-42-67(83(7,8)9)64(48-55)61-41-38-54(82(4,5)6)47-68(61)84(10,11)12/h13-49H,1-12H3. The lowest BCUT2D eigenvalue weighted by Crippen LogP contribution is -2.59. The van der Waals surface area contributed by atoms with Crippen molar-refractivity contribution in [3.8, 4) is 50.2 Å². The Labute approximate surface area is 522 Å². The zero-order valence-electron chi connectivity index (χ0n) is 52.7. The molecule has 4 heterocycles. The summed E-state index contributed by atoms with van der Waals surface area (Å²) in [6, 6.07) is 86.8. The molecule has 0 amide bonds. The van der Waals surface area contributed by atoms with E-state index < -0.39 is 0 Å². The van der Waals surface area contributed by atoms with E-state index in [1.165, 1.54) is 164 Å². The van der Waals surface area contributed by atoms with E-state index in [9.17, 15) is 0 Å². The molecule has 0 bridgehead atoms. The lowest BCUT2D eigenvalue weighted by Gasteiger charge is -2.40. The second-order valence-electron chi connectivity index (χ2n) is 29.2. The van der Waals surface area contributed by atoms with Crippen molar-refractivity contribution in [3.05, 3.63) is 247 Å². The summed E-state index contributed by atoms with van der Waals surface area (Å²) in [5.41, 5.74) is 24.9. The summed E-state index contributed by atoms with van der Waals surface area (Å²) < 4.78 is 5.38. The summed E-state index contributed by atoms with van der Waals surface area (Å²) in [5.74, 6) is 0. The highest BCUT2D eigenvalue weighted by Gasteiger charge is 2.46. The Bertz CT molecular complexity index is 5180. The van der Waals surface area contributed by atoms with Crippen LogP contribution in [0.4, 0.5) is 17.1 Å². The minimum atomic E-state index is -0.155. The molecular weight excluding hydrogens is 1080 g/mol. The van der Waals surface area contributed by atoms with Crippen molar-refractivity contribution in [2.24, 2.45) is 0 Å². The number of hydrogen-bond donors (Lipinski definition) is 0. The third kappa shape index (κ3) is 8.20. The highest BCUT2D eigenvalue weighted by molar-refractivity contribution is 7.33. The van der Waals surface area contributed by atoms with Crippen LogP contribution in [-0.4, -0.2) is 11.3 Å². The number of rotatable bonds is 5. The van der Waals surface area contributed by atoms with Crippen LogP contribution in [0.3, 0.4) is 0 Å². The first-order valence-corrected chi connectivity index (χ1v) is 32.4. The second kappa shape index (κ2) is 19.3. The largest absolute Gasteiger partial charge is 0.310 e. The van der Waals surface area contributed by atoms with Crippen molar-refractivity contribution in [2.45, 2.75) is 105 Å². The molecule has 0 aliphatic carbocycles. The molecule has 0 atom stereocenters. The maximum Gasteiger partial charge on any atom is 0.264 e. The Morgan fingerprint density at radius 1 is 0.364 bits per heavy atom. The minimum absolute atomic E-state index is 0.00802. The first-order valence-electron chi connectivity index (χ1n) is 31.6. The van der Waals surface area contributed by atoms with Gasteiger partial charge in [-0.25, -0.2) is 0 Å². The van der Waals surface area contributed by atoms with Gasteiger partial charge in [0.2, 0.25) is 0 Å². The van der Waals surface area contributed by atoms with Gasteiger partial charge >= 0.3 is 0 Å². The van der Waals surface area contributed by atoms with Crippen molar-refractivity contribution < 1.29 is 0 Å². The van der Waals surface area contributed by atoms with E-state index in [-0.39, 0.29) is 28.4 Å². The number of anilines is 3. The van der Waals surface area contributed by atoms with Gasteiger partial charge in [-0.05, 0) is 169 Å². The van der Waals surface area contributed by atoms with Gasteiger partial charge in [0.05, 0.1) is 16.7 Å². The fourth-order valence-electron chi connectivity index (χ4n) is 15.3. The molecule has 14 aromatic rings. The highest BCUT2D eigenvalue weighted by atomic mass is 32.1. The van der Waals surface area contributed by atoms with Gasteiger partial charge in [0.15, 0.2) is 0 Å². The molecule has 4 heteroatoms. The number of thiophene rings is 1. The van der Waals surface area contributed by atoms with Gasteiger partial charge in [0.1, 0.15) is 0 Å². The van der Waals surface area contributed by atoms with Crippen LogP contribution in [0.1, 0.15) is 105 Å². The molecule has 0 N–H and O–H groups in total. The fraction of sp³-hybridized carbons (Fsp3) is 0.190. The maximum atomic E-state index is 2.74. The molecule has 2 nitrogen and oxygen atoms in total. The first kappa shape index (κ1) is 54.4. The number of hydrogen-bond acceptors (Lipinski definition) is 2. The van der Waals surface area contributed by atoms with Gasteiger partial charge in [-0.1, -0.05) is 265 Å². The SMILES string of the molecule is CC(C)(C)c1ccc(-c2cc(N3c4cc(-c5c(-c6ccccc6)cccc5-c5ccccc5)cc5c4B(c4sc6ccc(C(C)(C)C)cc6c43)c3cc4c6ccccc6c6ccccc6c4c4c6ccccc6n-5c34)ccc2C(C)(C)C)c(C(C)(C)C)c1. The Hall–Kier alpha value is -8.96. The molecule has 2 aliphatic heterocycles.